The SMILES string of the molecule is CCc1c(C)c(C(N)=O)c(CC2=CC=CNC2)c(CN2CCCC2)c1NC1CCOCC1. The van der Waals surface area contributed by atoms with Crippen LogP contribution in [-0.4, -0.2) is 49.7 Å². The Kier molecular flexibility index (Phi) is 7.53. The number of allylic oxidation sites excluding steroid dienone is 2. The topological polar surface area (TPSA) is 79.6 Å². The molecule has 3 aliphatic rings. The van der Waals surface area contributed by atoms with Crippen molar-refractivity contribution >= 4 is 11.6 Å². The molecule has 6 nitrogen and oxygen atoms in total. The van der Waals surface area contributed by atoms with Crippen LogP contribution in [0.1, 0.15) is 65.2 Å². The fourth-order valence-corrected chi connectivity index (χ4v) is 5.43. The van der Waals surface area contributed by atoms with E-state index in [0.29, 0.717) is 6.04 Å². The molecule has 3 aliphatic heterocycles. The highest BCUT2D eigenvalue weighted by atomic mass is 16.5. The minimum absolute atomic E-state index is 0.313. The van der Waals surface area contributed by atoms with Gasteiger partial charge in [0.1, 0.15) is 0 Å². The molecule has 0 aromatic heterocycles. The second kappa shape index (κ2) is 10.5. The normalized spacial score (nSPS) is 19.6. The summed E-state index contributed by atoms with van der Waals surface area (Å²) in [6.45, 7) is 9.76. The molecule has 1 aromatic rings. The lowest BCUT2D eigenvalue weighted by atomic mass is 9.84. The van der Waals surface area contributed by atoms with E-state index in [2.05, 4.69) is 35.5 Å². The monoisotopic (exact) mass is 438 g/mol. The molecule has 174 valence electrons. The Labute approximate surface area is 192 Å². The predicted octanol–water partition coefficient (Wildman–Crippen LogP) is 3.43. The number of nitrogens with zero attached hydrogens (tertiary/aromatic N) is 1. The van der Waals surface area contributed by atoms with Crippen molar-refractivity contribution in [2.24, 2.45) is 5.73 Å². The summed E-state index contributed by atoms with van der Waals surface area (Å²) in [5.74, 6) is -0.313. The van der Waals surface area contributed by atoms with Gasteiger partial charge in [0.2, 0.25) is 5.91 Å². The molecule has 4 N–H and O–H groups in total. The zero-order valence-electron chi connectivity index (χ0n) is 19.6. The molecule has 4 rings (SSSR count). The van der Waals surface area contributed by atoms with E-state index in [1.165, 1.54) is 35.2 Å². The molecule has 0 spiro atoms. The molecule has 32 heavy (non-hydrogen) atoms. The van der Waals surface area contributed by atoms with Gasteiger partial charge in [-0.15, -0.1) is 0 Å². The van der Waals surface area contributed by atoms with E-state index >= 15 is 0 Å². The van der Waals surface area contributed by atoms with Crippen molar-refractivity contribution < 1.29 is 9.53 Å². The number of benzene rings is 1. The van der Waals surface area contributed by atoms with Crippen LogP contribution in [0.25, 0.3) is 0 Å². The van der Waals surface area contributed by atoms with Crippen LogP contribution in [0.15, 0.2) is 23.9 Å². The Hall–Kier alpha value is -2.31. The molecule has 0 bridgehead atoms. The Balaban J connectivity index is 1.85. The standard InChI is InChI=1S/C26H38N4O2/c1-3-21-18(2)24(26(27)31)22(15-19-7-6-10-28-16-19)23(17-30-11-4-5-12-30)25(21)29-20-8-13-32-14-9-20/h6-7,10,20,28-29H,3-5,8-9,11-17H2,1-2H3,(H2,27,31). The first kappa shape index (κ1) is 22.9. The van der Waals surface area contributed by atoms with Crippen molar-refractivity contribution in [1.82, 2.24) is 10.2 Å². The Morgan fingerprint density at radius 3 is 2.59 bits per heavy atom. The van der Waals surface area contributed by atoms with E-state index in [4.69, 9.17) is 10.5 Å². The largest absolute Gasteiger partial charge is 0.387 e. The summed E-state index contributed by atoms with van der Waals surface area (Å²) in [4.78, 5) is 15.3. The van der Waals surface area contributed by atoms with Gasteiger partial charge in [0.05, 0.1) is 0 Å². The van der Waals surface area contributed by atoms with E-state index in [-0.39, 0.29) is 5.91 Å². The van der Waals surface area contributed by atoms with Gasteiger partial charge in [0.15, 0.2) is 0 Å². The first-order chi connectivity index (χ1) is 15.6. The van der Waals surface area contributed by atoms with Crippen molar-refractivity contribution in [2.75, 3.05) is 38.2 Å². The van der Waals surface area contributed by atoms with Gasteiger partial charge in [-0.25, -0.2) is 0 Å². The van der Waals surface area contributed by atoms with Gasteiger partial charge in [-0.05, 0) is 98.6 Å². The first-order valence-corrected chi connectivity index (χ1v) is 12.2. The summed E-state index contributed by atoms with van der Waals surface area (Å²) >= 11 is 0. The van der Waals surface area contributed by atoms with Crippen molar-refractivity contribution in [3.05, 3.63) is 51.7 Å². The number of likely N-dealkylation sites (tertiary alicyclic amines) is 1. The fraction of sp³-hybridized carbons (Fsp3) is 0.577. The molecule has 1 amide bonds. The number of anilines is 1. The molecule has 0 unspecified atom stereocenters. The van der Waals surface area contributed by atoms with Crippen LogP contribution < -0.4 is 16.4 Å². The maximum absolute atomic E-state index is 12.8. The number of nitrogens with one attached hydrogen (secondary N) is 2. The minimum Gasteiger partial charge on any atom is -0.387 e. The van der Waals surface area contributed by atoms with Crippen molar-refractivity contribution in [3.63, 3.8) is 0 Å². The van der Waals surface area contributed by atoms with Crippen LogP contribution in [0, 0.1) is 6.92 Å². The maximum Gasteiger partial charge on any atom is 0.249 e. The molecule has 0 atom stereocenters. The third-order valence-electron chi connectivity index (χ3n) is 7.13. The van der Waals surface area contributed by atoms with E-state index in [9.17, 15) is 4.79 Å². The van der Waals surface area contributed by atoms with Crippen LogP contribution in [0.4, 0.5) is 5.69 Å². The molecule has 3 heterocycles. The molecule has 0 saturated carbocycles. The average molecular weight is 439 g/mol. The molecular weight excluding hydrogens is 400 g/mol. The molecule has 0 radical (unpaired) electrons. The van der Waals surface area contributed by atoms with Gasteiger partial charge in [-0.3, -0.25) is 9.69 Å². The number of hydrogen-bond acceptors (Lipinski definition) is 5. The second-order valence-corrected chi connectivity index (χ2v) is 9.28. The van der Waals surface area contributed by atoms with E-state index < -0.39 is 0 Å². The van der Waals surface area contributed by atoms with Crippen molar-refractivity contribution in [2.45, 2.75) is 65.0 Å². The van der Waals surface area contributed by atoms with Gasteiger partial charge < -0.3 is 21.1 Å². The van der Waals surface area contributed by atoms with Gasteiger partial charge in [-0.1, -0.05) is 13.0 Å². The third kappa shape index (κ3) is 5.02. The molecule has 2 saturated heterocycles. The van der Waals surface area contributed by atoms with E-state index in [1.807, 2.05) is 12.3 Å². The fourth-order valence-electron chi connectivity index (χ4n) is 5.43. The number of nitrogens with two attached hydrogens (primary N) is 1. The zero-order chi connectivity index (χ0) is 22.5. The third-order valence-corrected chi connectivity index (χ3v) is 7.13. The summed E-state index contributed by atoms with van der Waals surface area (Å²) in [6.07, 6.45) is 12.3. The highest BCUT2D eigenvalue weighted by molar-refractivity contribution is 5.98. The number of carbonyl (C=O) groups excluding carboxylic acids is 1. The summed E-state index contributed by atoms with van der Waals surface area (Å²) in [7, 11) is 0. The Morgan fingerprint density at radius 1 is 1.22 bits per heavy atom. The van der Waals surface area contributed by atoms with Gasteiger partial charge in [-0.2, -0.15) is 0 Å². The summed E-state index contributed by atoms with van der Waals surface area (Å²) in [5, 5.41) is 7.23. The van der Waals surface area contributed by atoms with E-state index in [0.717, 1.165) is 81.8 Å². The number of hydrogen-bond donors (Lipinski definition) is 3. The minimum atomic E-state index is -0.313. The predicted molar refractivity (Wildman–Crippen MR) is 130 cm³/mol. The molecule has 1 aromatic carbocycles. The quantitative estimate of drug-likeness (QED) is 0.580. The number of ether oxygens (including phenoxy) is 1. The van der Waals surface area contributed by atoms with E-state index in [1.54, 1.807) is 0 Å². The Morgan fingerprint density at radius 2 is 1.97 bits per heavy atom. The van der Waals surface area contributed by atoms with Crippen LogP contribution in [0.2, 0.25) is 0 Å². The molecule has 2 fully saturated rings. The number of carbonyl (C=O) groups is 1. The highest BCUT2D eigenvalue weighted by Gasteiger charge is 2.28. The lowest BCUT2D eigenvalue weighted by molar-refractivity contribution is 0.0904. The Bertz CT molecular complexity index is 894. The highest BCUT2D eigenvalue weighted by Crippen LogP contribution is 2.37. The number of dihydropyridines is 1. The smallest absolute Gasteiger partial charge is 0.249 e. The van der Waals surface area contributed by atoms with Crippen molar-refractivity contribution in [3.8, 4) is 0 Å². The number of primary amides is 1. The van der Waals surface area contributed by atoms with Crippen LogP contribution in [-0.2, 0) is 24.1 Å². The molecule has 0 aliphatic carbocycles. The van der Waals surface area contributed by atoms with Crippen LogP contribution in [0.5, 0.6) is 0 Å². The van der Waals surface area contributed by atoms with Gasteiger partial charge in [0, 0.05) is 43.6 Å². The lowest BCUT2D eigenvalue weighted by Gasteiger charge is -2.31. The van der Waals surface area contributed by atoms with Crippen molar-refractivity contribution in [1.29, 1.82) is 0 Å². The first-order valence-electron chi connectivity index (χ1n) is 12.2. The maximum atomic E-state index is 12.8. The summed E-state index contributed by atoms with van der Waals surface area (Å²) in [6, 6.07) is 0.400. The zero-order valence-corrected chi connectivity index (χ0v) is 19.6. The lowest BCUT2D eigenvalue weighted by Crippen LogP contribution is -2.31. The summed E-state index contributed by atoms with van der Waals surface area (Å²) in [5.41, 5.74) is 13.9. The van der Waals surface area contributed by atoms with Crippen LogP contribution >= 0.6 is 0 Å². The van der Waals surface area contributed by atoms with Gasteiger partial charge >= 0.3 is 0 Å². The number of rotatable bonds is 8. The average Bonchev–Trinajstić information content (AvgIpc) is 3.31. The molecular formula is C26H38N4O2. The van der Waals surface area contributed by atoms with Crippen LogP contribution in [0.3, 0.4) is 0 Å². The number of amides is 1. The second-order valence-electron chi connectivity index (χ2n) is 9.28. The van der Waals surface area contributed by atoms with Gasteiger partial charge in [0.25, 0.3) is 0 Å². The molecule has 6 heteroatoms. The summed E-state index contributed by atoms with van der Waals surface area (Å²) < 4.78 is 5.60.